The molecule has 16 heavy (non-hydrogen) atoms. The van der Waals surface area contributed by atoms with Crippen LogP contribution < -0.4 is 0 Å². The average molecular weight is 220 g/mol. The standard InChI is InChI=1S/C14H24N2/c1-6-8-13(7-2)14-11-15(5)9-10-16(14)12(3)4/h6-8,12,14H,1-2,9-11H2,3-5H3/b13-8+. The summed E-state index contributed by atoms with van der Waals surface area (Å²) in [5.74, 6) is 0. The van der Waals surface area contributed by atoms with E-state index in [2.05, 4.69) is 49.9 Å². The van der Waals surface area contributed by atoms with Crippen LogP contribution >= 0.6 is 0 Å². The maximum atomic E-state index is 3.91. The Hall–Kier alpha value is -0.860. The average Bonchev–Trinajstić information content (AvgIpc) is 2.25. The fraction of sp³-hybridized carbons (Fsp3) is 0.571. The molecular formula is C14H24N2. The summed E-state index contributed by atoms with van der Waals surface area (Å²) in [7, 11) is 2.18. The summed E-state index contributed by atoms with van der Waals surface area (Å²) in [5.41, 5.74) is 1.27. The maximum absolute atomic E-state index is 3.91. The largest absolute Gasteiger partial charge is 0.303 e. The molecule has 1 aliphatic rings. The molecule has 2 nitrogen and oxygen atoms in total. The van der Waals surface area contributed by atoms with Gasteiger partial charge in [-0.25, -0.2) is 0 Å². The van der Waals surface area contributed by atoms with Crippen LogP contribution in [0.4, 0.5) is 0 Å². The van der Waals surface area contributed by atoms with Crippen LogP contribution in [-0.4, -0.2) is 48.6 Å². The van der Waals surface area contributed by atoms with Crippen molar-refractivity contribution in [2.75, 3.05) is 26.7 Å². The Morgan fingerprint density at radius 1 is 1.31 bits per heavy atom. The molecule has 90 valence electrons. The van der Waals surface area contributed by atoms with Crippen LogP contribution in [0.25, 0.3) is 0 Å². The number of nitrogens with zero attached hydrogens (tertiary/aromatic N) is 2. The molecule has 0 saturated carbocycles. The molecule has 1 atom stereocenters. The predicted octanol–water partition coefficient (Wildman–Crippen LogP) is 2.31. The van der Waals surface area contributed by atoms with Crippen LogP contribution in [0.2, 0.25) is 0 Å². The molecule has 1 heterocycles. The highest BCUT2D eigenvalue weighted by Gasteiger charge is 2.28. The molecule has 0 N–H and O–H groups in total. The lowest BCUT2D eigenvalue weighted by atomic mass is 10.0. The van der Waals surface area contributed by atoms with Gasteiger partial charge in [0.2, 0.25) is 0 Å². The summed E-state index contributed by atoms with van der Waals surface area (Å²) in [6.07, 6.45) is 5.89. The molecule has 2 heteroatoms. The molecular weight excluding hydrogens is 196 g/mol. The first kappa shape index (κ1) is 13.2. The van der Waals surface area contributed by atoms with Gasteiger partial charge in [-0.05, 0) is 26.5 Å². The molecule has 0 aromatic heterocycles. The molecule has 0 aromatic rings. The summed E-state index contributed by atoms with van der Waals surface area (Å²) >= 11 is 0. The van der Waals surface area contributed by atoms with Gasteiger partial charge in [0.05, 0.1) is 0 Å². The third kappa shape index (κ3) is 3.06. The van der Waals surface area contributed by atoms with Crippen molar-refractivity contribution in [3.8, 4) is 0 Å². The van der Waals surface area contributed by atoms with E-state index in [0.717, 1.165) is 19.6 Å². The number of allylic oxidation sites excluding steroid dienone is 2. The zero-order valence-electron chi connectivity index (χ0n) is 10.8. The first-order valence-corrected chi connectivity index (χ1v) is 5.99. The highest BCUT2D eigenvalue weighted by molar-refractivity contribution is 5.28. The van der Waals surface area contributed by atoms with Gasteiger partial charge in [0.1, 0.15) is 0 Å². The molecule has 1 rings (SSSR count). The molecule has 1 aliphatic heterocycles. The van der Waals surface area contributed by atoms with Gasteiger partial charge in [-0.2, -0.15) is 0 Å². The van der Waals surface area contributed by atoms with E-state index >= 15 is 0 Å². The van der Waals surface area contributed by atoms with Crippen molar-refractivity contribution in [3.05, 3.63) is 37.0 Å². The van der Waals surface area contributed by atoms with Gasteiger partial charge < -0.3 is 4.90 Å². The van der Waals surface area contributed by atoms with E-state index in [-0.39, 0.29) is 0 Å². The minimum absolute atomic E-state index is 0.453. The lowest BCUT2D eigenvalue weighted by molar-refractivity contribution is 0.0843. The zero-order valence-corrected chi connectivity index (χ0v) is 10.8. The highest BCUT2D eigenvalue weighted by atomic mass is 15.3. The van der Waals surface area contributed by atoms with Crippen LogP contribution in [-0.2, 0) is 0 Å². The topological polar surface area (TPSA) is 6.48 Å². The fourth-order valence-electron chi connectivity index (χ4n) is 2.30. The molecule has 0 radical (unpaired) electrons. The minimum atomic E-state index is 0.453. The van der Waals surface area contributed by atoms with E-state index in [0.29, 0.717) is 12.1 Å². The lowest BCUT2D eigenvalue weighted by Crippen LogP contribution is -2.54. The normalized spacial score (nSPS) is 24.8. The van der Waals surface area contributed by atoms with E-state index in [9.17, 15) is 0 Å². The van der Waals surface area contributed by atoms with Crippen LogP contribution in [0, 0.1) is 0 Å². The number of likely N-dealkylation sites (N-methyl/N-ethyl adjacent to an activating group) is 1. The van der Waals surface area contributed by atoms with Crippen molar-refractivity contribution in [1.29, 1.82) is 0 Å². The van der Waals surface area contributed by atoms with Crippen LogP contribution in [0.1, 0.15) is 13.8 Å². The number of hydrogen-bond acceptors (Lipinski definition) is 2. The summed E-state index contributed by atoms with van der Waals surface area (Å²) in [5, 5.41) is 0. The Kier molecular flexibility index (Phi) is 4.97. The van der Waals surface area contributed by atoms with Gasteiger partial charge in [0.25, 0.3) is 0 Å². The highest BCUT2D eigenvalue weighted by Crippen LogP contribution is 2.19. The van der Waals surface area contributed by atoms with Gasteiger partial charge >= 0.3 is 0 Å². The molecule has 0 aromatic carbocycles. The summed E-state index contributed by atoms with van der Waals surface area (Å²) in [4.78, 5) is 4.92. The third-order valence-corrected chi connectivity index (χ3v) is 3.22. The first-order chi connectivity index (χ1) is 7.60. The Morgan fingerprint density at radius 3 is 2.50 bits per heavy atom. The smallest absolute Gasteiger partial charge is 0.0478 e. The second kappa shape index (κ2) is 6.02. The second-order valence-electron chi connectivity index (χ2n) is 4.72. The summed E-state index contributed by atoms with van der Waals surface area (Å²) in [6.45, 7) is 15.5. The fourth-order valence-corrected chi connectivity index (χ4v) is 2.30. The number of rotatable bonds is 4. The van der Waals surface area contributed by atoms with Gasteiger partial charge in [0, 0.05) is 31.7 Å². The number of hydrogen-bond donors (Lipinski definition) is 0. The van der Waals surface area contributed by atoms with Gasteiger partial charge in [-0.3, -0.25) is 4.90 Å². The van der Waals surface area contributed by atoms with Crippen LogP contribution in [0.15, 0.2) is 37.0 Å². The molecule has 1 fully saturated rings. The molecule has 0 spiro atoms. The summed E-state index contributed by atoms with van der Waals surface area (Å²) in [6, 6.07) is 1.03. The molecule has 0 bridgehead atoms. The third-order valence-electron chi connectivity index (χ3n) is 3.22. The molecule has 1 unspecified atom stereocenters. The molecule has 0 amide bonds. The minimum Gasteiger partial charge on any atom is -0.303 e. The van der Waals surface area contributed by atoms with E-state index in [4.69, 9.17) is 0 Å². The first-order valence-electron chi connectivity index (χ1n) is 5.99. The predicted molar refractivity (Wildman–Crippen MR) is 71.6 cm³/mol. The van der Waals surface area contributed by atoms with E-state index in [1.807, 2.05) is 12.2 Å². The van der Waals surface area contributed by atoms with Crippen molar-refractivity contribution in [3.63, 3.8) is 0 Å². The summed E-state index contributed by atoms with van der Waals surface area (Å²) < 4.78 is 0. The van der Waals surface area contributed by atoms with Crippen molar-refractivity contribution in [2.24, 2.45) is 0 Å². The Bertz CT molecular complexity index is 278. The van der Waals surface area contributed by atoms with Gasteiger partial charge in [-0.15, -0.1) is 0 Å². The van der Waals surface area contributed by atoms with Crippen LogP contribution in [0.5, 0.6) is 0 Å². The molecule has 1 saturated heterocycles. The number of piperazine rings is 1. The quantitative estimate of drug-likeness (QED) is 0.671. The maximum Gasteiger partial charge on any atom is 0.0478 e. The van der Waals surface area contributed by atoms with Crippen molar-refractivity contribution >= 4 is 0 Å². The Labute approximate surface area is 99.9 Å². The van der Waals surface area contributed by atoms with Gasteiger partial charge in [0.15, 0.2) is 0 Å². The van der Waals surface area contributed by atoms with E-state index in [1.165, 1.54) is 5.57 Å². The Morgan fingerprint density at radius 2 is 2.00 bits per heavy atom. The SMILES string of the molecule is C=C/C=C(\C=C)C1CN(C)CCN1C(C)C. The zero-order chi connectivity index (χ0) is 12.1. The Balaban J connectivity index is 2.89. The van der Waals surface area contributed by atoms with E-state index in [1.54, 1.807) is 0 Å². The van der Waals surface area contributed by atoms with Crippen molar-refractivity contribution < 1.29 is 0 Å². The molecule has 0 aliphatic carbocycles. The lowest BCUT2D eigenvalue weighted by Gasteiger charge is -2.43. The van der Waals surface area contributed by atoms with Crippen molar-refractivity contribution in [2.45, 2.75) is 25.9 Å². The second-order valence-corrected chi connectivity index (χ2v) is 4.72. The van der Waals surface area contributed by atoms with E-state index < -0.39 is 0 Å². The van der Waals surface area contributed by atoms with Gasteiger partial charge in [-0.1, -0.05) is 31.4 Å². The van der Waals surface area contributed by atoms with Crippen LogP contribution in [0.3, 0.4) is 0 Å². The monoisotopic (exact) mass is 220 g/mol. The van der Waals surface area contributed by atoms with Crippen molar-refractivity contribution in [1.82, 2.24) is 9.80 Å².